The predicted octanol–water partition coefficient (Wildman–Crippen LogP) is 4.30. The number of furan rings is 1. The average molecular weight is 516 g/mol. The van der Waals surface area contributed by atoms with Crippen molar-refractivity contribution in [2.75, 3.05) is 20.8 Å². The summed E-state index contributed by atoms with van der Waals surface area (Å²) in [7, 11) is 0.250. The first-order valence-corrected chi connectivity index (χ1v) is 14.5. The Morgan fingerprint density at radius 2 is 1.86 bits per heavy atom. The fourth-order valence-corrected chi connectivity index (χ4v) is 6.08. The van der Waals surface area contributed by atoms with Gasteiger partial charge in [0.1, 0.15) is 11.8 Å². The number of hydrogen-bond acceptors (Lipinski definition) is 8. The first kappa shape index (κ1) is 27.5. The number of carbonyl (C=O) groups excluding carboxylic acids is 1. The number of carboxylic acids is 1. The Morgan fingerprint density at radius 3 is 2.33 bits per heavy atom. The Morgan fingerprint density at radius 1 is 1.22 bits per heavy atom. The van der Waals surface area contributed by atoms with Crippen molar-refractivity contribution < 1.29 is 38.1 Å². The zero-order valence-corrected chi connectivity index (χ0v) is 22.6. The van der Waals surface area contributed by atoms with Crippen LogP contribution in [-0.4, -0.2) is 51.6 Å². The van der Waals surface area contributed by atoms with Gasteiger partial charge in [0.15, 0.2) is 37.5 Å². The number of nitriles is 1. The Balaban J connectivity index is 2.38. The van der Waals surface area contributed by atoms with E-state index in [1.54, 1.807) is 18.2 Å². The van der Waals surface area contributed by atoms with E-state index in [1.807, 2.05) is 33.9 Å². The van der Waals surface area contributed by atoms with Crippen molar-refractivity contribution in [3.8, 4) is 17.6 Å². The summed E-state index contributed by atoms with van der Waals surface area (Å²) in [6.45, 7) is 9.23. The van der Waals surface area contributed by atoms with Crippen LogP contribution < -0.4 is 9.47 Å². The van der Waals surface area contributed by atoms with Crippen molar-refractivity contribution in [3.05, 3.63) is 46.9 Å². The number of aliphatic hydroxyl groups excluding tert-OH is 1. The third-order valence-electron chi connectivity index (χ3n) is 7.53. The maximum Gasteiger partial charge on any atom is 0.308 e. The van der Waals surface area contributed by atoms with E-state index in [1.165, 1.54) is 20.3 Å². The van der Waals surface area contributed by atoms with Crippen molar-refractivity contribution in [2.24, 2.45) is 11.8 Å². The highest BCUT2D eigenvalue weighted by Gasteiger charge is 2.61. The van der Waals surface area contributed by atoms with Crippen molar-refractivity contribution in [3.63, 3.8) is 0 Å². The van der Waals surface area contributed by atoms with Crippen LogP contribution in [0.15, 0.2) is 28.7 Å². The van der Waals surface area contributed by atoms with Crippen LogP contribution in [0.5, 0.6) is 11.5 Å². The molecule has 4 unspecified atom stereocenters. The Kier molecular flexibility index (Phi) is 7.42. The molecule has 0 radical (unpaired) electrons. The van der Waals surface area contributed by atoms with Gasteiger partial charge >= 0.3 is 5.97 Å². The molecule has 1 aromatic heterocycles. The van der Waals surface area contributed by atoms with E-state index in [-0.39, 0.29) is 22.1 Å². The molecule has 1 heterocycles. The zero-order valence-electron chi connectivity index (χ0n) is 21.6. The van der Waals surface area contributed by atoms with Crippen LogP contribution in [-0.2, 0) is 14.8 Å². The molecule has 2 aromatic rings. The van der Waals surface area contributed by atoms with Gasteiger partial charge in [0.05, 0.1) is 32.7 Å². The van der Waals surface area contributed by atoms with Gasteiger partial charge in [0.2, 0.25) is 0 Å². The molecule has 36 heavy (non-hydrogen) atoms. The monoisotopic (exact) mass is 515 g/mol. The van der Waals surface area contributed by atoms with E-state index < -0.39 is 44.2 Å². The van der Waals surface area contributed by atoms with E-state index >= 15 is 0 Å². The predicted molar refractivity (Wildman–Crippen MR) is 133 cm³/mol. The largest absolute Gasteiger partial charge is 0.493 e. The number of aliphatic hydroxyl groups is 1. The van der Waals surface area contributed by atoms with Gasteiger partial charge in [0, 0.05) is 11.5 Å². The normalized spacial score (nSPS) is 23.9. The number of hydrogen-bond donors (Lipinski definition) is 2. The number of ether oxygens (including phenoxy) is 2. The highest BCUT2D eigenvalue weighted by Crippen LogP contribution is 2.56. The Hall–Kier alpha value is -3.13. The van der Waals surface area contributed by atoms with Gasteiger partial charge in [-0.05, 0) is 41.9 Å². The van der Waals surface area contributed by atoms with Gasteiger partial charge in [-0.15, -0.1) is 0 Å². The SMILES string of the molecule is COc1ccc(C2c3oc(C=O)cc3C(C#N)(O[Si](C)(C)C(C)(C)C)C(CO)C2C(=O)O)cc1OC. The molecule has 0 fully saturated rings. The minimum Gasteiger partial charge on any atom is -0.493 e. The number of methoxy groups -OCH3 is 2. The van der Waals surface area contributed by atoms with Crippen LogP contribution in [0, 0.1) is 23.2 Å². The van der Waals surface area contributed by atoms with Gasteiger partial charge in [-0.3, -0.25) is 9.59 Å². The second-order valence-corrected chi connectivity index (χ2v) is 15.2. The molecule has 2 N–H and O–H groups in total. The topological polar surface area (TPSA) is 139 Å². The van der Waals surface area contributed by atoms with E-state index in [0.29, 0.717) is 23.3 Å². The molecule has 0 aliphatic heterocycles. The number of benzene rings is 1. The van der Waals surface area contributed by atoms with E-state index in [0.717, 1.165) is 0 Å². The highest BCUT2D eigenvalue weighted by atomic mass is 28.4. The second kappa shape index (κ2) is 9.73. The quantitative estimate of drug-likeness (QED) is 0.389. The summed E-state index contributed by atoms with van der Waals surface area (Å²) >= 11 is 0. The van der Waals surface area contributed by atoms with Gasteiger partial charge in [-0.2, -0.15) is 5.26 Å². The van der Waals surface area contributed by atoms with Crippen LogP contribution in [0.1, 0.15) is 54.1 Å². The molecular formula is C26H33NO8Si. The minimum absolute atomic E-state index is 0.0633. The fourth-order valence-electron chi connectivity index (χ4n) is 4.67. The molecule has 194 valence electrons. The van der Waals surface area contributed by atoms with E-state index in [2.05, 4.69) is 6.07 Å². The summed E-state index contributed by atoms with van der Waals surface area (Å²) in [6.07, 6.45) is 0.502. The maximum absolute atomic E-state index is 12.8. The summed E-state index contributed by atoms with van der Waals surface area (Å²) in [5.41, 5.74) is -1.08. The second-order valence-electron chi connectivity index (χ2n) is 10.5. The standard InChI is InChI=1S/C26H33NO8Si/c1-25(2,3)36(6,7)35-26(14-27)17-11-16(12-28)34-23(17)21(22(24(30)31)18(26)13-29)15-8-9-19(32-4)20(10-15)33-5/h8-12,18,21-22,29H,13H2,1-7H3,(H,30,31). The average Bonchev–Trinajstić information content (AvgIpc) is 3.27. The van der Waals surface area contributed by atoms with Crippen molar-refractivity contribution in [1.82, 2.24) is 0 Å². The number of aliphatic carboxylic acids is 1. The van der Waals surface area contributed by atoms with Gasteiger partial charge in [0.25, 0.3) is 0 Å². The lowest BCUT2D eigenvalue weighted by Gasteiger charge is -2.49. The van der Waals surface area contributed by atoms with E-state index in [9.17, 15) is 25.1 Å². The number of rotatable bonds is 8. The summed E-state index contributed by atoms with van der Waals surface area (Å²) in [5, 5.41) is 31.3. The van der Waals surface area contributed by atoms with Gasteiger partial charge < -0.3 is 28.5 Å². The molecule has 0 saturated carbocycles. The molecule has 0 amide bonds. The Labute approximate surface area is 211 Å². The number of fused-ring (bicyclic) bond motifs is 1. The molecule has 1 aromatic carbocycles. The molecule has 4 atom stereocenters. The van der Waals surface area contributed by atoms with E-state index in [4.69, 9.17) is 18.3 Å². The number of nitrogens with zero attached hydrogens (tertiary/aromatic N) is 1. The third-order valence-corrected chi connectivity index (χ3v) is 12.0. The minimum atomic E-state index is -2.70. The summed E-state index contributed by atoms with van der Waals surface area (Å²) in [5.74, 6) is -3.74. The molecule has 1 aliphatic carbocycles. The summed E-state index contributed by atoms with van der Waals surface area (Å²) in [4.78, 5) is 24.6. The third kappa shape index (κ3) is 4.32. The maximum atomic E-state index is 12.8. The molecule has 10 heteroatoms. The van der Waals surface area contributed by atoms with Gasteiger partial charge in [-0.25, -0.2) is 0 Å². The Bertz CT molecular complexity index is 1190. The van der Waals surface area contributed by atoms with Crippen LogP contribution in [0.25, 0.3) is 0 Å². The number of carboxylic acid groups (broad SMARTS) is 1. The molecule has 3 rings (SSSR count). The molecule has 9 nitrogen and oxygen atoms in total. The first-order valence-electron chi connectivity index (χ1n) is 11.6. The molecule has 0 saturated heterocycles. The van der Waals surface area contributed by atoms with Crippen LogP contribution in [0.3, 0.4) is 0 Å². The van der Waals surface area contributed by atoms with Crippen molar-refractivity contribution >= 4 is 20.6 Å². The van der Waals surface area contributed by atoms with Crippen molar-refractivity contribution in [2.45, 2.75) is 50.4 Å². The molecule has 1 aliphatic rings. The lowest BCUT2D eigenvalue weighted by Crippen LogP contribution is -2.57. The lowest BCUT2D eigenvalue weighted by molar-refractivity contribution is -0.151. The number of carbonyl (C=O) groups is 2. The molecule has 0 spiro atoms. The zero-order chi connectivity index (χ0) is 27.1. The first-order chi connectivity index (χ1) is 16.8. The van der Waals surface area contributed by atoms with Crippen LogP contribution in [0.4, 0.5) is 0 Å². The smallest absolute Gasteiger partial charge is 0.308 e. The summed E-state index contributed by atoms with van der Waals surface area (Å²) < 4.78 is 23.3. The lowest BCUT2D eigenvalue weighted by atomic mass is 9.62. The molecular weight excluding hydrogens is 482 g/mol. The van der Waals surface area contributed by atoms with Crippen molar-refractivity contribution in [1.29, 1.82) is 5.26 Å². The fraction of sp³-hybridized carbons (Fsp3) is 0.500. The van der Waals surface area contributed by atoms with Crippen LogP contribution in [0.2, 0.25) is 18.1 Å². The number of aldehydes is 1. The van der Waals surface area contributed by atoms with Gasteiger partial charge in [-0.1, -0.05) is 26.8 Å². The highest BCUT2D eigenvalue weighted by molar-refractivity contribution is 6.74. The molecule has 0 bridgehead atoms. The van der Waals surface area contributed by atoms with Crippen LogP contribution >= 0.6 is 0 Å². The summed E-state index contributed by atoms with van der Waals surface area (Å²) in [6, 6.07) is 8.58.